The van der Waals surface area contributed by atoms with Gasteiger partial charge in [0.2, 0.25) is 0 Å². The van der Waals surface area contributed by atoms with Crippen molar-refractivity contribution in [3.05, 3.63) is 42.5 Å². The maximum atomic E-state index is 12.3. The van der Waals surface area contributed by atoms with E-state index in [4.69, 9.17) is 4.74 Å². The third-order valence-corrected chi connectivity index (χ3v) is 3.41. The number of nitrogens with zero attached hydrogens (tertiary/aromatic N) is 1. The first-order valence-electron chi connectivity index (χ1n) is 6.83. The number of ether oxygens (including phenoxy) is 1. The van der Waals surface area contributed by atoms with Gasteiger partial charge in [-0.25, -0.2) is 0 Å². The highest BCUT2D eigenvalue weighted by atomic mass is 16.5. The molecule has 1 aliphatic rings. The van der Waals surface area contributed by atoms with Gasteiger partial charge in [-0.15, -0.1) is 0 Å². The van der Waals surface area contributed by atoms with Gasteiger partial charge in [-0.1, -0.05) is 19.6 Å². The molecule has 2 rings (SSSR count). The molecule has 19 heavy (non-hydrogen) atoms. The molecule has 1 unspecified atom stereocenters. The maximum absolute atomic E-state index is 12.3. The molecule has 1 fully saturated rings. The Hall–Kier alpha value is -1.77. The highest BCUT2D eigenvalue weighted by molar-refractivity contribution is 5.94. The van der Waals surface area contributed by atoms with Crippen molar-refractivity contribution in [1.29, 1.82) is 0 Å². The predicted octanol–water partition coefficient (Wildman–Crippen LogP) is 3.12. The minimum atomic E-state index is 0.127. The van der Waals surface area contributed by atoms with Crippen LogP contribution < -0.4 is 4.74 Å². The van der Waals surface area contributed by atoms with Crippen molar-refractivity contribution in [1.82, 2.24) is 4.90 Å². The Kier molecular flexibility index (Phi) is 4.61. The Morgan fingerprint density at radius 3 is 2.84 bits per heavy atom. The SMILES string of the molecule is C=CCOc1ccc(C(=O)N2CCCC(C)C2)cc1. The first-order chi connectivity index (χ1) is 9.20. The molecule has 0 bridgehead atoms. The molecule has 0 N–H and O–H groups in total. The zero-order chi connectivity index (χ0) is 13.7. The summed E-state index contributed by atoms with van der Waals surface area (Å²) in [6.07, 6.45) is 4.03. The highest BCUT2D eigenvalue weighted by Gasteiger charge is 2.21. The first-order valence-corrected chi connectivity index (χ1v) is 6.83. The number of carbonyl (C=O) groups excluding carboxylic acids is 1. The maximum Gasteiger partial charge on any atom is 0.253 e. The van der Waals surface area contributed by atoms with E-state index in [0.717, 1.165) is 30.8 Å². The zero-order valence-corrected chi connectivity index (χ0v) is 11.5. The fraction of sp³-hybridized carbons (Fsp3) is 0.438. The molecule has 0 saturated carbocycles. The van der Waals surface area contributed by atoms with Gasteiger partial charge in [-0.05, 0) is 43.0 Å². The second kappa shape index (κ2) is 6.41. The summed E-state index contributed by atoms with van der Waals surface area (Å²) in [5.41, 5.74) is 0.736. The van der Waals surface area contributed by atoms with Crippen molar-refractivity contribution in [2.24, 2.45) is 5.92 Å². The molecule has 0 spiro atoms. The Bertz CT molecular complexity index is 439. The molecule has 0 radical (unpaired) electrons. The Morgan fingerprint density at radius 1 is 1.47 bits per heavy atom. The summed E-state index contributed by atoms with van der Waals surface area (Å²) in [6, 6.07) is 7.34. The smallest absolute Gasteiger partial charge is 0.253 e. The van der Waals surface area contributed by atoms with E-state index in [9.17, 15) is 4.79 Å². The van der Waals surface area contributed by atoms with E-state index < -0.39 is 0 Å². The molecule has 1 amide bonds. The van der Waals surface area contributed by atoms with E-state index in [2.05, 4.69) is 13.5 Å². The number of amides is 1. The highest BCUT2D eigenvalue weighted by Crippen LogP contribution is 2.19. The van der Waals surface area contributed by atoms with Crippen LogP contribution in [0.2, 0.25) is 0 Å². The van der Waals surface area contributed by atoms with Gasteiger partial charge in [0.15, 0.2) is 0 Å². The molecule has 0 aliphatic carbocycles. The number of rotatable bonds is 4. The standard InChI is InChI=1S/C16H21NO2/c1-3-11-19-15-8-6-14(7-9-15)16(18)17-10-4-5-13(2)12-17/h3,6-9,13H,1,4-5,10-12H2,2H3. The number of carbonyl (C=O) groups is 1. The normalized spacial score (nSPS) is 19.0. The third-order valence-electron chi connectivity index (χ3n) is 3.41. The molecule has 1 saturated heterocycles. The lowest BCUT2D eigenvalue weighted by molar-refractivity contribution is 0.0683. The number of hydrogen-bond acceptors (Lipinski definition) is 2. The summed E-state index contributed by atoms with van der Waals surface area (Å²) < 4.78 is 5.41. The topological polar surface area (TPSA) is 29.5 Å². The molecule has 1 aromatic rings. The van der Waals surface area contributed by atoms with Crippen LogP contribution in [0.25, 0.3) is 0 Å². The van der Waals surface area contributed by atoms with Crippen LogP contribution in [0.15, 0.2) is 36.9 Å². The van der Waals surface area contributed by atoms with Crippen molar-refractivity contribution in [3.63, 3.8) is 0 Å². The monoisotopic (exact) mass is 259 g/mol. The summed E-state index contributed by atoms with van der Waals surface area (Å²) in [7, 11) is 0. The predicted molar refractivity (Wildman–Crippen MR) is 76.4 cm³/mol. The van der Waals surface area contributed by atoms with Crippen LogP contribution in [0, 0.1) is 5.92 Å². The molecule has 1 heterocycles. The van der Waals surface area contributed by atoms with E-state index in [-0.39, 0.29) is 5.91 Å². The molecule has 102 valence electrons. The minimum absolute atomic E-state index is 0.127. The Morgan fingerprint density at radius 2 is 2.21 bits per heavy atom. The van der Waals surface area contributed by atoms with Crippen LogP contribution in [0.5, 0.6) is 5.75 Å². The van der Waals surface area contributed by atoms with Crippen molar-refractivity contribution in [3.8, 4) is 5.75 Å². The van der Waals surface area contributed by atoms with Crippen LogP contribution in [-0.2, 0) is 0 Å². The largest absolute Gasteiger partial charge is 0.490 e. The van der Waals surface area contributed by atoms with Gasteiger partial charge < -0.3 is 9.64 Å². The van der Waals surface area contributed by atoms with E-state index in [1.165, 1.54) is 6.42 Å². The Balaban J connectivity index is 2.00. The van der Waals surface area contributed by atoms with E-state index >= 15 is 0 Å². The third kappa shape index (κ3) is 3.60. The van der Waals surface area contributed by atoms with Gasteiger partial charge in [-0.3, -0.25) is 4.79 Å². The van der Waals surface area contributed by atoms with Crippen LogP contribution in [0.4, 0.5) is 0 Å². The average Bonchev–Trinajstić information content (AvgIpc) is 2.45. The first kappa shape index (κ1) is 13.7. The van der Waals surface area contributed by atoms with Crippen molar-refractivity contribution in [2.45, 2.75) is 19.8 Å². The van der Waals surface area contributed by atoms with Crippen molar-refractivity contribution in [2.75, 3.05) is 19.7 Å². The molecule has 1 atom stereocenters. The van der Waals surface area contributed by atoms with Crippen molar-refractivity contribution >= 4 is 5.91 Å². The van der Waals surface area contributed by atoms with E-state index in [1.54, 1.807) is 6.08 Å². The zero-order valence-electron chi connectivity index (χ0n) is 11.5. The lowest BCUT2D eigenvalue weighted by atomic mass is 9.99. The lowest BCUT2D eigenvalue weighted by Gasteiger charge is -2.31. The fourth-order valence-electron chi connectivity index (χ4n) is 2.41. The van der Waals surface area contributed by atoms with E-state index in [1.807, 2.05) is 29.2 Å². The average molecular weight is 259 g/mol. The van der Waals surface area contributed by atoms with Gasteiger partial charge in [-0.2, -0.15) is 0 Å². The van der Waals surface area contributed by atoms with E-state index in [0.29, 0.717) is 12.5 Å². The molecule has 0 aromatic heterocycles. The summed E-state index contributed by atoms with van der Waals surface area (Å²) in [5.74, 6) is 1.50. The second-order valence-corrected chi connectivity index (χ2v) is 5.12. The van der Waals surface area contributed by atoms with Gasteiger partial charge in [0, 0.05) is 18.7 Å². The molecular formula is C16H21NO2. The molecule has 1 aliphatic heterocycles. The minimum Gasteiger partial charge on any atom is -0.490 e. The molecule has 1 aromatic carbocycles. The van der Waals surface area contributed by atoms with Gasteiger partial charge in [0.25, 0.3) is 5.91 Å². The number of likely N-dealkylation sites (tertiary alicyclic amines) is 1. The summed E-state index contributed by atoms with van der Waals surface area (Å²) in [6.45, 7) is 8.03. The van der Waals surface area contributed by atoms with Crippen LogP contribution in [0.3, 0.4) is 0 Å². The number of piperidine rings is 1. The fourth-order valence-corrected chi connectivity index (χ4v) is 2.41. The van der Waals surface area contributed by atoms with Gasteiger partial charge >= 0.3 is 0 Å². The summed E-state index contributed by atoms with van der Waals surface area (Å²) in [4.78, 5) is 14.3. The van der Waals surface area contributed by atoms with Gasteiger partial charge in [0.1, 0.15) is 12.4 Å². The quantitative estimate of drug-likeness (QED) is 0.777. The van der Waals surface area contributed by atoms with Crippen LogP contribution in [0.1, 0.15) is 30.1 Å². The second-order valence-electron chi connectivity index (χ2n) is 5.12. The molecule has 3 nitrogen and oxygen atoms in total. The van der Waals surface area contributed by atoms with Gasteiger partial charge in [0.05, 0.1) is 0 Å². The summed E-state index contributed by atoms with van der Waals surface area (Å²) >= 11 is 0. The molecule has 3 heteroatoms. The lowest BCUT2D eigenvalue weighted by Crippen LogP contribution is -2.39. The molecular weight excluding hydrogens is 238 g/mol. The summed E-state index contributed by atoms with van der Waals surface area (Å²) in [5, 5.41) is 0. The number of hydrogen-bond donors (Lipinski definition) is 0. The van der Waals surface area contributed by atoms with Crippen molar-refractivity contribution < 1.29 is 9.53 Å². The Labute approximate surface area is 114 Å². The number of benzene rings is 1. The van der Waals surface area contributed by atoms with Crippen LogP contribution >= 0.6 is 0 Å². The van der Waals surface area contributed by atoms with Crippen LogP contribution in [-0.4, -0.2) is 30.5 Å².